The molecule has 0 fully saturated rings. The summed E-state index contributed by atoms with van der Waals surface area (Å²) in [7, 11) is 0. The molecule has 2 rings (SSSR count). The molecule has 4 nitrogen and oxygen atoms in total. The minimum Gasteiger partial charge on any atom is -0.508 e. The molecular formula is C19H23NO3. The monoisotopic (exact) mass is 313 g/mol. The summed E-state index contributed by atoms with van der Waals surface area (Å²) in [5.74, 6) is 1.05. The van der Waals surface area contributed by atoms with Gasteiger partial charge in [-0.1, -0.05) is 24.3 Å². The van der Waals surface area contributed by atoms with Crippen LogP contribution in [0.5, 0.6) is 11.5 Å². The molecule has 0 aliphatic rings. The molecule has 2 N–H and O–H groups in total. The maximum Gasteiger partial charge on any atom is 0.217 e. The van der Waals surface area contributed by atoms with Crippen LogP contribution >= 0.6 is 0 Å². The van der Waals surface area contributed by atoms with Gasteiger partial charge in [0.1, 0.15) is 18.1 Å². The van der Waals surface area contributed by atoms with Gasteiger partial charge < -0.3 is 15.2 Å². The van der Waals surface area contributed by atoms with Crippen LogP contribution in [-0.4, -0.2) is 23.7 Å². The highest BCUT2D eigenvalue weighted by molar-refractivity contribution is 5.73. The predicted octanol–water partition coefficient (Wildman–Crippen LogP) is 3.08. The van der Waals surface area contributed by atoms with Crippen LogP contribution in [0.1, 0.15) is 25.0 Å². The lowest BCUT2D eigenvalue weighted by Gasteiger charge is -2.14. The molecule has 4 heteroatoms. The number of phenolic OH excluding ortho intramolecular Hbond substituents is 1. The van der Waals surface area contributed by atoms with Gasteiger partial charge in [0, 0.05) is 6.92 Å². The summed E-state index contributed by atoms with van der Waals surface area (Å²) < 4.78 is 5.66. The van der Waals surface area contributed by atoms with Crippen molar-refractivity contribution in [2.24, 2.45) is 0 Å². The highest BCUT2D eigenvalue weighted by Gasteiger charge is 2.04. The Hall–Kier alpha value is -2.49. The van der Waals surface area contributed by atoms with Gasteiger partial charge in [-0.25, -0.2) is 0 Å². The van der Waals surface area contributed by atoms with Crippen LogP contribution in [0.2, 0.25) is 0 Å². The lowest BCUT2D eigenvalue weighted by Crippen LogP contribution is -2.35. The van der Waals surface area contributed by atoms with Gasteiger partial charge in [0.05, 0.1) is 6.04 Å². The maximum absolute atomic E-state index is 10.9. The van der Waals surface area contributed by atoms with Crippen molar-refractivity contribution < 1.29 is 14.6 Å². The lowest BCUT2D eigenvalue weighted by molar-refractivity contribution is -0.119. The van der Waals surface area contributed by atoms with Crippen molar-refractivity contribution in [3.8, 4) is 11.5 Å². The Kier molecular flexibility index (Phi) is 6.03. The molecule has 0 bridgehead atoms. The molecule has 0 aliphatic heterocycles. The summed E-state index contributed by atoms with van der Waals surface area (Å²) in [4.78, 5) is 10.9. The lowest BCUT2D eigenvalue weighted by atomic mass is 10.0. The molecule has 1 amide bonds. The number of aryl methyl sites for hydroxylation is 2. The standard InChI is InChI=1S/C19H23NO3/c1-14(20-15(2)21)13-23-19-11-7-17(8-12-19)4-3-16-5-9-18(22)10-6-16/h5-12,14,22H,3-4,13H2,1-2H3,(H,20,21)/t14-/m0/s1. The van der Waals surface area contributed by atoms with Crippen LogP contribution in [-0.2, 0) is 17.6 Å². The van der Waals surface area contributed by atoms with E-state index in [1.165, 1.54) is 18.1 Å². The number of amides is 1. The van der Waals surface area contributed by atoms with Crippen molar-refractivity contribution in [3.05, 3.63) is 59.7 Å². The van der Waals surface area contributed by atoms with Gasteiger partial charge in [0.15, 0.2) is 0 Å². The fourth-order valence-electron chi connectivity index (χ4n) is 2.31. The molecule has 0 aliphatic carbocycles. The number of aromatic hydroxyl groups is 1. The Morgan fingerprint density at radius 2 is 1.57 bits per heavy atom. The average Bonchev–Trinajstić information content (AvgIpc) is 2.53. The van der Waals surface area contributed by atoms with Crippen molar-refractivity contribution in [2.75, 3.05) is 6.61 Å². The number of hydrogen-bond donors (Lipinski definition) is 2. The van der Waals surface area contributed by atoms with Crippen molar-refractivity contribution in [1.29, 1.82) is 0 Å². The molecule has 0 unspecified atom stereocenters. The summed E-state index contributed by atoms with van der Waals surface area (Å²) in [6, 6.07) is 15.3. The zero-order chi connectivity index (χ0) is 16.7. The fraction of sp³-hybridized carbons (Fsp3) is 0.316. The summed E-state index contributed by atoms with van der Waals surface area (Å²) in [6.45, 7) is 3.86. The molecule has 23 heavy (non-hydrogen) atoms. The topological polar surface area (TPSA) is 58.6 Å². The third-order valence-corrected chi connectivity index (χ3v) is 3.51. The number of carbonyl (C=O) groups is 1. The Bertz CT molecular complexity index is 620. The quantitative estimate of drug-likeness (QED) is 0.826. The van der Waals surface area contributed by atoms with Crippen LogP contribution in [0.3, 0.4) is 0 Å². The molecule has 0 spiro atoms. The second-order valence-electron chi connectivity index (χ2n) is 5.72. The SMILES string of the molecule is CC(=O)N[C@@H](C)COc1ccc(CCc2ccc(O)cc2)cc1. The summed E-state index contributed by atoms with van der Waals surface area (Å²) in [5.41, 5.74) is 2.44. The largest absolute Gasteiger partial charge is 0.508 e. The minimum absolute atomic E-state index is 0.0123. The summed E-state index contributed by atoms with van der Waals surface area (Å²) in [5, 5.41) is 12.1. The summed E-state index contributed by atoms with van der Waals surface area (Å²) in [6.07, 6.45) is 1.87. The van der Waals surface area contributed by atoms with E-state index in [1.807, 2.05) is 31.2 Å². The molecule has 2 aromatic rings. The molecule has 2 aromatic carbocycles. The Morgan fingerprint density at radius 3 is 2.09 bits per heavy atom. The van der Waals surface area contributed by atoms with E-state index in [0.717, 1.165) is 18.6 Å². The van der Waals surface area contributed by atoms with Gasteiger partial charge in [-0.2, -0.15) is 0 Å². The van der Waals surface area contributed by atoms with Crippen LogP contribution in [0.15, 0.2) is 48.5 Å². The molecule has 0 saturated heterocycles. The first kappa shape index (κ1) is 16.9. The number of rotatable bonds is 7. The van der Waals surface area contributed by atoms with Crippen LogP contribution in [0.25, 0.3) is 0 Å². The Balaban J connectivity index is 1.80. The first-order valence-electron chi connectivity index (χ1n) is 7.79. The van der Waals surface area contributed by atoms with Gasteiger partial charge in [-0.15, -0.1) is 0 Å². The normalized spacial score (nSPS) is 11.7. The zero-order valence-electron chi connectivity index (χ0n) is 13.6. The molecule has 0 aromatic heterocycles. The highest BCUT2D eigenvalue weighted by Crippen LogP contribution is 2.15. The van der Waals surface area contributed by atoms with E-state index in [0.29, 0.717) is 12.4 Å². The van der Waals surface area contributed by atoms with E-state index in [2.05, 4.69) is 17.4 Å². The van der Waals surface area contributed by atoms with Crippen LogP contribution < -0.4 is 10.1 Å². The third kappa shape index (κ3) is 6.02. The molecular weight excluding hydrogens is 290 g/mol. The second-order valence-corrected chi connectivity index (χ2v) is 5.72. The average molecular weight is 313 g/mol. The summed E-state index contributed by atoms with van der Waals surface area (Å²) >= 11 is 0. The zero-order valence-corrected chi connectivity index (χ0v) is 13.6. The van der Waals surface area contributed by atoms with Crippen molar-refractivity contribution in [1.82, 2.24) is 5.32 Å². The van der Waals surface area contributed by atoms with E-state index in [-0.39, 0.29) is 11.9 Å². The first-order chi connectivity index (χ1) is 11.0. The third-order valence-electron chi connectivity index (χ3n) is 3.51. The molecule has 0 radical (unpaired) electrons. The van der Waals surface area contributed by atoms with Gasteiger partial charge in [0.25, 0.3) is 0 Å². The van der Waals surface area contributed by atoms with E-state index < -0.39 is 0 Å². The molecule has 0 heterocycles. The van der Waals surface area contributed by atoms with Crippen molar-refractivity contribution in [2.45, 2.75) is 32.7 Å². The van der Waals surface area contributed by atoms with Crippen LogP contribution in [0.4, 0.5) is 0 Å². The number of ether oxygens (including phenoxy) is 1. The number of carbonyl (C=O) groups excluding carboxylic acids is 1. The number of nitrogens with one attached hydrogen (secondary N) is 1. The van der Waals surface area contributed by atoms with Gasteiger partial charge in [-0.3, -0.25) is 4.79 Å². The number of hydrogen-bond acceptors (Lipinski definition) is 3. The maximum atomic E-state index is 10.9. The molecule has 122 valence electrons. The molecule has 0 saturated carbocycles. The highest BCUT2D eigenvalue weighted by atomic mass is 16.5. The van der Waals surface area contributed by atoms with E-state index in [1.54, 1.807) is 12.1 Å². The number of phenols is 1. The second kappa shape index (κ2) is 8.22. The van der Waals surface area contributed by atoms with Crippen molar-refractivity contribution in [3.63, 3.8) is 0 Å². The Morgan fingerprint density at radius 1 is 1.04 bits per heavy atom. The van der Waals surface area contributed by atoms with Gasteiger partial charge >= 0.3 is 0 Å². The smallest absolute Gasteiger partial charge is 0.217 e. The number of benzene rings is 2. The molecule has 1 atom stereocenters. The van der Waals surface area contributed by atoms with Gasteiger partial charge in [0.2, 0.25) is 5.91 Å². The predicted molar refractivity (Wildman–Crippen MR) is 90.7 cm³/mol. The Labute approximate surface area is 137 Å². The van der Waals surface area contributed by atoms with E-state index in [9.17, 15) is 9.90 Å². The minimum atomic E-state index is -0.0503. The van der Waals surface area contributed by atoms with E-state index >= 15 is 0 Å². The van der Waals surface area contributed by atoms with Crippen LogP contribution in [0, 0.1) is 0 Å². The van der Waals surface area contributed by atoms with Crippen molar-refractivity contribution >= 4 is 5.91 Å². The fourth-order valence-corrected chi connectivity index (χ4v) is 2.31. The van der Waals surface area contributed by atoms with Gasteiger partial charge in [-0.05, 0) is 55.2 Å². The first-order valence-corrected chi connectivity index (χ1v) is 7.79. The van der Waals surface area contributed by atoms with E-state index in [4.69, 9.17) is 4.74 Å².